The molecule has 2 aromatic carbocycles. The molecule has 4 nitrogen and oxygen atoms in total. The van der Waals surface area contributed by atoms with Crippen LogP contribution in [-0.2, 0) is 15.1 Å². The van der Waals surface area contributed by atoms with Crippen molar-refractivity contribution in [2.75, 3.05) is 12.5 Å². The van der Waals surface area contributed by atoms with Crippen LogP contribution < -0.4 is 5.43 Å². The van der Waals surface area contributed by atoms with Crippen LogP contribution in [0.15, 0.2) is 54.6 Å². The highest BCUT2D eigenvalue weighted by Gasteiger charge is 2.39. The first-order chi connectivity index (χ1) is 11.0. The summed E-state index contributed by atoms with van der Waals surface area (Å²) in [4.78, 5) is 12.9. The first kappa shape index (κ1) is 17.0. The van der Waals surface area contributed by atoms with Gasteiger partial charge in [-0.2, -0.15) is 0 Å². The molecule has 1 N–H and O–H groups in total. The number of ether oxygens (including phenoxy) is 1. The van der Waals surface area contributed by atoms with Crippen molar-refractivity contribution in [1.29, 1.82) is 0 Å². The molecule has 0 heterocycles. The van der Waals surface area contributed by atoms with Crippen LogP contribution in [0, 0.1) is 6.92 Å². The van der Waals surface area contributed by atoms with Gasteiger partial charge in [0.2, 0.25) is 5.60 Å². The molecule has 0 aliphatic rings. The van der Waals surface area contributed by atoms with E-state index in [9.17, 15) is 4.79 Å². The summed E-state index contributed by atoms with van der Waals surface area (Å²) in [7, 11) is 1.66. The zero-order valence-electron chi connectivity index (χ0n) is 13.4. The predicted octanol–water partition coefficient (Wildman–Crippen LogP) is 3.67. The first-order valence-corrected chi connectivity index (χ1v) is 7.73. The minimum atomic E-state index is -1.19. The molecule has 5 heteroatoms. The van der Waals surface area contributed by atoms with Crippen molar-refractivity contribution in [3.63, 3.8) is 0 Å². The Hall–Kier alpha value is -2.40. The summed E-state index contributed by atoms with van der Waals surface area (Å²) >= 11 is 4.83. The minimum absolute atomic E-state index is 0.243. The van der Waals surface area contributed by atoms with Crippen molar-refractivity contribution in [2.45, 2.75) is 19.4 Å². The monoisotopic (exact) mass is 328 g/mol. The second-order valence-corrected chi connectivity index (χ2v) is 5.65. The maximum absolute atomic E-state index is 12.9. The fraction of sp³-hybridized carbons (Fsp3) is 0.222. The number of carbonyl (C=O) groups is 1. The second-order valence-electron chi connectivity index (χ2n) is 5.46. The lowest BCUT2D eigenvalue weighted by Gasteiger charge is -2.32. The molecule has 0 saturated carbocycles. The molecule has 0 aliphatic carbocycles. The van der Waals surface area contributed by atoms with E-state index in [4.69, 9.17) is 17.0 Å². The summed E-state index contributed by atoms with van der Waals surface area (Å²) in [5.74, 6) is -0.243. The Morgan fingerprint density at radius 3 is 2.52 bits per heavy atom. The number of carbonyl (C=O) groups excluding carboxylic acids is 1. The van der Waals surface area contributed by atoms with Crippen molar-refractivity contribution in [3.8, 4) is 0 Å². The highest BCUT2D eigenvalue weighted by atomic mass is 32.1. The van der Waals surface area contributed by atoms with Crippen molar-refractivity contribution < 1.29 is 9.53 Å². The maximum atomic E-state index is 12.9. The Morgan fingerprint density at radius 2 is 1.91 bits per heavy atom. The Balaban J connectivity index is 2.28. The Morgan fingerprint density at radius 1 is 1.22 bits per heavy atom. The van der Waals surface area contributed by atoms with Gasteiger partial charge in [-0.1, -0.05) is 48.0 Å². The summed E-state index contributed by atoms with van der Waals surface area (Å²) in [6.07, 6.45) is 0. The van der Waals surface area contributed by atoms with Gasteiger partial charge >= 0.3 is 0 Å². The lowest BCUT2D eigenvalue weighted by atomic mass is 9.93. The molecular formula is C18H20N2O2S. The molecule has 2 aromatic rings. The molecular weight excluding hydrogens is 308 g/mol. The molecule has 23 heavy (non-hydrogen) atoms. The van der Waals surface area contributed by atoms with E-state index in [1.54, 1.807) is 14.0 Å². The topological polar surface area (TPSA) is 41.6 Å². The first-order valence-electron chi connectivity index (χ1n) is 7.26. The average molecular weight is 328 g/mol. The van der Waals surface area contributed by atoms with E-state index in [2.05, 4.69) is 5.43 Å². The number of aryl methyl sites for hydroxylation is 1. The van der Waals surface area contributed by atoms with Crippen molar-refractivity contribution in [1.82, 2.24) is 5.01 Å². The van der Waals surface area contributed by atoms with E-state index >= 15 is 0 Å². The van der Waals surface area contributed by atoms with E-state index in [1.165, 1.54) is 5.01 Å². The molecule has 2 rings (SSSR count). The van der Waals surface area contributed by atoms with E-state index in [0.29, 0.717) is 0 Å². The number of nitrogens with zero attached hydrogens (tertiary/aromatic N) is 1. The molecule has 1 unspecified atom stereocenters. The number of rotatable bonds is 6. The van der Waals surface area contributed by atoms with Crippen LogP contribution in [0.5, 0.6) is 0 Å². The Kier molecular flexibility index (Phi) is 5.34. The standard InChI is InChI=1S/C18H20N2O2S/c1-14-8-7-9-15(12-14)18(2,22-13-23)17(21)20(3)19-16-10-5-4-6-11-16/h4-13,19H,1-3H3. The maximum Gasteiger partial charge on any atom is 0.289 e. The number of hydrogen-bond donors (Lipinski definition) is 1. The number of nitrogens with one attached hydrogen (secondary N) is 1. The number of para-hydroxylation sites is 1. The van der Waals surface area contributed by atoms with Gasteiger partial charge in [-0.25, -0.2) is 0 Å². The van der Waals surface area contributed by atoms with Crippen LogP contribution in [0.25, 0.3) is 0 Å². The van der Waals surface area contributed by atoms with Gasteiger partial charge in [0.15, 0.2) is 0 Å². The van der Waals surface area contributed by atoms with Gasteiger partial charge in [0.25, 0.3) is 5.91 Å². The lowest BCUT2D eigenvalue weighted by Crippen LogP contribution is -2.47. The third-order valence-electron chi connectivity index (χ3n) is 3.64. The zero-order chi connectivity index (χ0) is 16.9. The summed E-state index contributed by atoms with van der Waals surface area (Å²) < 4.78 is 5.55. The quantitative estimate of drug-likeness (QED) is 0.649. The van der Waals surface area contributed by atoms with E-state index in [-0.39, 0.29) is 5.91 Å². The van der Waals surface area contributed by atoms with Crippen LogP contribution >= 0.6 is 12.2 Å². The molecule has 0 fully saturated rings. The van der Waals surface area contributed by atoms with Crippen LogP contribution in [0.4, 0.5) is 5.69 Å². The van der Waals surface area contributed by atoms with Gasteiger partial charge in [0.1, 0.15) is 5.55 Å². The van der Waals surface area contributed by atoms with Gasteiger partial charge in [-0.3, -0.25) is 15.2 Å². The Labute approximate surface area is 142 Å². The smallest absolute Gasteiger partial charge is 0.289 e. The number of likely N-dealkylation sites (N-methyl/N-ethyl adjacent to an activating group) is 1. The number of hydrazine groups is 1. The molecule has 0 bridgehead atoms. The second kappa shape index (κ2) is 7.24. The van der Waals surface area contributed by atoms with Crippen LogP contribution in [0.1, 0.15) is 18.1 Å². The lowest BCUT2D eigenvalue weighted by molar-refractivity contribution is -0.145. The number of thiocarbonyl (C=S) groups is 1. The highest BCUT2D eigenvalue weighted by molar-refractivity contribution is 7.78. The summed E-state index contributed by atoms with van der Waals surface area (Å²) in [5.41, 5.74) is 5.61. The fourth-order valence-corrected chi connectivity index (χ4v) is 2.55. The van der Waals surface area contributed by atoms with E-state index < -0.39 is 5.60 Å². The summed E-state index contributed by atoms with van der Waals surface area (Å²) in [6.45, 7) is 3.69. The summed E-state index contributed by atoms with van der Waals surface area (Å²) in [5, 5.41) is 1.41. The average Bonchev–Trinajstić information content (AvgIpc) is 2.55. The van der Waals surface area contributed by atoms with Gasteiger partial charge in [-0.05, 0) is 38.2 Å². The van der Waals surface area contributed by atoms with Crippen LogP contribution in [-0.4, -0.2) is 23.5 Å². The Bertz CT molecular complexity index is 690. The molecule has 1 atom stereocenters. The van der Waals surface area contributed by atoms with E-state index in [1.807, 2.05) is 61.5 Å². The molecule has 120 valence electrons. The molecule has 0 aromatic heterocycles. The highest BCUT2D eigenvalue weighted by Crippen LogP contribution is 2.28. The third-order valence-corrected chi connectivity index (χ3v) is 3.73. The van der Waals surface area contributed by atoms with Crippen LogP contribution in [0.2, 0.25) is 0 Å². The number of hydrogen-bond acceptors (Lipinski definition) is 4. The molecule has 0 radical (unpaired) electrons. The molecule has 0 aliphatic heterocycles. The normalized spacial score (nSPS) is 12.8. The minimum Gasteiger partial charge on any atom is -0.469 e. The van der Waals surface area contributed by atoms with Gasteiger partial charge < -0.3 is 4.74 Å². The van der Waals surface area contributed by atoms with Crippen molar-refractivity contribution in [3.05, 3.63) is 65.7 Å². The zero-order valence-corrected chi connectivity index (χ0v) is 14.3. The summed E-state index contributed by atoms with van der Waals surface area (Å²) in [6, 6.07) is 17.1. The number of amides is 1. The third kappa shape index (κ3) is 3.87. The van der Waals surface area contributed by atoms with Gasteiger partial charge in [0.05, 0.1) is 5.69 Å². The SMILES string of the molecule is Cc1cccc(C(C)(OC=S)C(=O)N(C)Nc2ccccc2)c1. The molecule has 1 amide bonds. The van der Waals surface area contributed by atoms with Crippen molar-refractivity contribution >= 4 is 29.4 Å². The van der Waals surface area contributed by atoms with Gasteiger partial charge in [-0.15, -0.1) is 0 Å². The number of anilines is 1. The fourth-order valence-electron chi connectivity index (χ4n) is 2.36. The van der Waals surface area contributed by atoms with Crippen LogP contribution in [0.3, 0.4) is 0 Å². The molecule has 0 spiro atoms. The van der Waals surface area contributed by atoms with Crippen molar-refractivity contribution in [2.24, 2.45) is 0 Å². The number of benzene rings is 2. The predicted molar refractivity (Wildman–Crippen MR) is 96.1 cm³/mol. The van der Waals surface area contributed by atoms with Gasteiger partial charge in [0, 0.05) is 12.6 Å². The largest absolute Gasteiger partial charge is 0.469 e. The van der Waals surface area contributed by atoms with E-state index in [0.717, 1.165) is 22.4 Å². The molecule has 0 saturated heterocycles.